The van der Waals surface area contributed by atoms with E-state index in [0.29, 0.717) is 18.4 Å². The molecule has 3 N–H and O–H groups in total. The molecule has 0 spiro atoms. The predicted molar refractivity (Wildman–Crippen MR) is 70.7 cm³/mol. The highest BCUT2D eigenvalue weighted by molar-refractivity contribution is 5.76. The molecule has 1 saturated heterocycles. The van der Waals surface area contributed by atoms with Gasteiger partial charge in [-0.2, -0.15) is 0 Å². The highest BCUT2D eigenvalue weighted by Crippen LogP contribution is 2.14. The number of hydrogen-bond acceptors (Lipinski definition) is 3. The Morgan fingerprint density at radius 3 is 2.88 bits per heavy atom. The third-order valence-electron chi connectivity index (χ3n) is 3.75. The van der Waals surface area contributed by atoms with Crippen LogP contribution in [0, 0.1) is 5.92 Å². The summed E-state index contributed by atoms with van der Waals surface area (Å²) in [4.78, 5) is 13.8. The fraction of sp³-hybridized carbons (Fsp3) is 0.923. The summed E-state index contributed by atoms with van der Waals surface area (Å²) < 4.78 is 0. The van der Waals surface area contributed by atoms with Crippen molar-refractivity contribution < 1.29 is 4.79 Å². The first kappa shape index (κ1) is 14.5. The van der Waals surface area contributed by atoms with E-state index in [9.17, 15) is 4.79 Å². The van der Waals surface area contributed by atoms with Crippen LogP contribution in [-0.4, -0.2) is 43.0 Å². The van der Waals surface area contributed by atoms with Gasteiger partial charge < -0.3 is 16.0 Å². The van der Waals surface area contributed by atoms with Crippen molar-refractivity contribution in [2.75, 3.05) is 20.1 Å². The molecule has 2 unspecified atom stereocenters. The van der Waals surface area contributed by atoms with Crippen LogP contribution in [0.4, 0.5) is 0 Å². The van der Waals surface area contributed by atoms with Crippen molar-refractivity contribution in [3.8, 4) is 0 Å². The van der Waals surface area contributed by atoms with Crippen LogP contribution in [0.2, 0.25) is 0 Å². The molecule has 4 nitrogen and oxygen atoms in total. The molecule has 1 fully saturated rings. The first-order chi connectivity index (χ1) is 8.00. The van der Waals surface area contributed by atoms with Crippen LogP contribution >= 0.6 is 0 Å². The lowest BCUT2D eigenvalue weighted by Crippen LogP contribution is -2.38. The molecule has 0 saturated carbocycles. The van der Waals surface area contributed by atoms with Crippen LogP contribution in [0.15, 0.2) is 0 Å². The number of nitrogens with zero attached hydrogens (tertiary/aromatic N) is 1. The van der Waals surface area contributed by atoms with E-state index in [1.807, 2.05) is 0 Å². The van der Waals surface area contributed by atoms with Gasteiger partial charge in [0.1, 0.15) is 0 Å². The lowest BCUT2D eigenvalue weighted by Gasteiger charge is -2.28. The number of carbonyl (C=O) groups excluding carboxylic acids is 1. The second-order valence-electron chi connectivity index (χ2n) is 5.53. The van der Waals surface area contributed by atoms with Crippen molar-refractivity contribution in [2.45, 2.75) is 51.6 Å². The Morgan fingerprint density at radius 2 is 2.24 bits per heavy atom. The van der Waals surface area contributed by atoms with Crippen molar-refractivity contribution in [3.05, 3.63) is 0 Å². The van der Waals surface area contributed by atoms with E-state index in [0.717, 1.165) is 32.4 Å². The summed E-state index contributed by atoms with van der Waals surface area (Å²) >= 11 is 0. The van der Waals surface area contributed by atoms with E-state index < -0.39 is 0 Å². The lowest BCUT2D eigenvalue weighted by molar-refractivity contribution is -0.121. The fourth-order valence-corrected chi connectivity index (χ4v) is 2.20. The zero-order valence-electron chi connectivity index (χ0n) is 11.4. The molecule has 2 atom stereocenters. The van der Waals surface area contributed by atoms with Gasteiger partial charge in [0.2, 0.25) is 5.91 Å². The largest absolute Gasteiger partial charge is 0.356 e. The van der Waals surface area contributed by atoms with Crippen LogP contribution in [0.5, 0.6) is 0 Å². The second-order valence-corrected chi connectivity index (χ2v) is 5.53. The van der Waals surface area contributed by atoms with Gasteiger partial charge in [0.15, 0.2) is 0 Å². The Labute approximate surface area is 105 Å². The third kappa shape index (κ3) is 5.04. The van der Waals surface area contributed by atoms with Crippen molar-refractivity contribution in [1.29, 1.82) is 0 Å². The van der Waals surface area contributed by atoms with E-state index >= 15 is 0 Å². The highest BCUT2D eigenvalue weighted by atomic mass is 16.1. The average molecular weight is 241 g/mol. The van der Waals surface area contributed by atoms with Gasteiger partial charge in [-0.05, 0) is 38.8 Å². The van der Waals surface area contributed by atoms with E-state index in [4.69, 9.17) is 5.73 Å². The van der Waals surface area contributed by atoms with Crippen LogP contribution < -0.4 is 11.1 Å². The molecule has 0 aromatic heterocycles. The number of nitrogens with two attached hydrogens (primary N) is 1. The molecule has 0 aromatic carbocycles. The molecule has 1 amide bonds. The molecule has 17 heavy (non-hydrogen) atoms. The maximum atomic E-state index is 11.5. The molecule has 1 heterocycles. The first-order valence-electron chi connectivity index (χ1n) is 6.73. The summed E-state index contributed by atoms with van der Waals surface area (Å²) in [5.74, 6) is 0.716. The Bertz CT molecular complexity index is 243. The normalized spacial score (nSPS) is 23.6. The molecule has 1 aliphatic heterocycles. The summed E-state index contributed by atoms with van der Waals surface area (Å²) in [5.41, 5.74) is 6.05. The lowest BCUT2D eigenvalue weighted by atomic mass is 10.0. The minimum atomic E-state index is 0.188. The Balaban J connectivity index is 2.35. The topological polar surface area (TPSA) is 58.4 Å². The van der Waals surface area contributed by atoms with Gasteiger partial charge in [-0.25, -0.2) is 0 Å². The van der Waals surface area contributed by atoms with Crippen LogP contribution in [-0.2, 0) is 4.79 Å². The zero-order chi connectivity index (χ0) is 12.8. The first-order valence-corrected chi connectivity index (χ1v) is 6.73. The van der Waals surface area contributed by atoms with E-state index in [-0.39, 0.29) is 11.9 Å². The third-order valence-corrected chi connectivity index (χ3v) is 3.75. The van der Waals surface area contributed by atoms with Gasteiger partial charge in [0.05, 0.1) is 0 Å². The summed E-state index contributed by atoms with van der Waals surface area (Å²) in [6, 6.07) is 0.647. The number of carbonyl (C=O) groups is 1. The van der Waals surface area contributed by atoms with Crippen molar-refractivity contribution in [3.63, 3.8) is 0 Å². The number of amides is 1. The zero-order valence-corrected chi connectivity index (χ0v) is 11.4. The summed E-state index contributed by atoms with van der Waals surface area (Å²) in [7, 11) is 2.11. The van der Waals surface area contributed by atoms with Gasteiger partial charge in [-0.15, -0.1) is 0 Å². The van der Waals surface area contributed by atoms with Crippen molar-refractivity contribution >= 4 is 5.91 Å². The molecule has 1 rings (SSSR count). The Kier molecular flexibility index (Phi) is 5.92. The molecular weight excluding hydrogens is 214 g/mol. The maximum absolute atomic E-state index is 11.5. The van der Waals surface area contributed by atoms with Crippen LogP contribution in [0.25, 0.3) is 0 Å². The summed E-state index contributed by atoms with van der Waals surface area (Å²) in [5, 5.41) is 2.92. The molecule has 100 valence electrons. The highest BCUT2D eigenvalue weighted by Gasteiger charge is 2.21. The van der Waals surface area contributed by atoms with E-state index in [1.165, 1.54) is 0 Å². The average Bonchev–Trinajstić information content (AvgIpc) is 2.50. The Morgan fingerprint density at radius 1 is 1.53 bits per heavy atom. The van der Waals surface area contributed by atoms with Crippen molar-refractivity contribution in [2.24, 2.45) is 11.7 Å². The fourth-order valence-electron chi connectivity index (χ4n) is 2.20. The monoisotopic (exact) mass is 241 g/mol. The predicted octanol–water partition coefficient (Wildman–Crippen LogP) is 0.960. The molecule has 1 aliphatic rings. The maximum Gasteiger partial charge on any atom is 0.221 e. The number of nitrogens with one attached hydrogen (secondary N) is 1. The number of rotatable bonds is 5. The molecular formula is C13H27N3O. The quantitative estimate of drug-likeness (QED) is 0.754. The van der Waals surface area contributed by atoms with Gasteiger partial charge >= 0.3 is 0 Å². The molecule has 0 aliphatic carbocycles. The molecule has 0 radical (unpaired) electrons. The summed E-state index contributed by atoms with van der Waals surface area (Å²) in [6.45, 7) is 6.12. The van der Waals surface area contributed by atoms with Gasteiger partial charge in [-0.3, -0.25) is 4.79 Å². The minimum absolute atomic E-state index is 0.188. The molecule has 0 bridgehead atoms. The number of hydrogen-bond donors (Lipinski definition) is 2. The standard InChI is InChI=1S/C13H27N3O/c1-10(2)12(14)6-8-16(3)11-5-4-7-15-13(17)9-11/h10-12H,4-9,14H2,1-3H3,(H,15,17). The molecule has 0 aromatic rings. The van der Waals surface area contributed by atoms with E-state index in [2.05, 4.69) is 31.1 Å². The van der Waals surface area contributed by atoms with Gasteiger partial charge in [-0.1, -0.05) is 13.8 Å². The van der Waals surface area contributed by atoms with Crippen LogP contribution in [0.3, 0.4) is 0 Å². The Hall–Kier alpha value is -0.610. The minimum Gasteiger partial charge on any atom is -0.356 e. The van der Waals surface area contributed by atoms with Crippen LogP contribution in [0.1, 0.15) is 39.5 Å². The summed E-state index contributed by atoms with van der Waals surface area (Å²) in [6.07, 6.45) is 3.82. The van der Waals surface area contributed by atoms with Gasteiger partial charge in [0.25, 0.3) is 0 Å². The SMILES string of the molecule is CC(C)C(N)CCN(C)C1CCCNC(=O)C1. The molecule has 4 heteroatoms. The van der Waals surface area contributed by atoms with E-state index in [1.54, 1.807) is 0 Å². The van der Waals surface area contributed by atoms with Gasteiger partial charge in [0, 0.05) is 25.0 Å². The smallest absolute Gasteiger partial charge is 0.221 e. The van der Waals surface area contributed by atoms with Crippen molar-refractivity contribution in [1.82, 2.24) is 10.2 Å². The second kappa shape index (κ2) is 6.97.